The van der Waals surface area contributed by atoms with Crippen molar-refractivity contribution in [2.24, 2.45) is 0 Å². The first-order chi connectivity index (χ1) is 7.31. The van der Waals surface area contributed by atoms with Gasteiger partial charge in [0, 0.05) is 6.92 Å². The minimum atomic E-state index is -4.34. The monoisotopic (exact) mass is 278 g/mol. The zero-order valence-corrected chi connectivity index (χ0v) is 13.0. The molecule has 0 aliphatic carbocycles. The number of hydrogen-bond acceptors (Lipinski definition) is 7. The summed E-state index contributed by atoms with van der Waals surface area (Å²) < 4.78 is 44.6. The molecule has 0 spiro atoms. The van der Waals surface area contributed by atoms with Gasteiger partial charge in [-0.1, -0.05) is 0 Å². The van der Waals surface area contributed by atoms with Crippen LogP contribution in [0, 0.1) is 0 Å². The van der Waals surface area contributed by atoms with E-state index in [-0.39, 0.29) is 55.5 Å². The number of ether oxygens (including phenoxy) is 3. The molecule has 0 aliphatic heterocycles. The molecule has 7 nitrogen and oxygen atoms in total. The van der Waals surface area contributed by atoms with Crippen molar-refractivity contribution >= 4 is 16.1 Å². The van der Waals surface area contributed by atoms with E-state index < -0.39 is 22.0 Å². The van der Waals surface area contributed by atoms with Crippen molar-refractivity contribution in [3.05, 3.63) is 0 Å². The Kier molecular flexibility index (Phi) is 11.8. The molecule has 0 bridgehead atoms. The first-order valence-electron chi connectivity index (χ1n) is 4.57. The Bertz CT molecular complexity index is 303. The molecule has 0 rings (SSSR count). The van der Waals surface area contributed by atoms with Gasteiger partial charge in [-0.05, 0) is 6.92 Å². The second kappa shape index (κ2) is 10.2. The summed E-state index contributed by atoms with van der Waals surface area (Å²) in [6.07, 6.45) is -0.374. The van der Waals surface area contributed by atoms with Crippen LogP contribution < -0.4 is 29.6 Å². The van der Waals surface area contributed by atoms with Gasteiger partial charge in [0.05, 0.1) is 19.8 Å². The normalized spacial score (nSPS) is 12.6. The Morgan fingerprint density at radius 3 is 2.29 bits per heavy atom. The van der Waals surface area contributed by atoms with Crippen molar-refractivity contribution < 1.29 is 61.5 Å². The number of hydrogen-bond donors (Lipinski definition) is 0. The smallest absolute Gasteiger partial charge is 0.746 e. The molecule has 0 radical (unpaired) electrons. The molecular weight excluding hydrogens is 263 g/mol. The Morgan fingerprint density at radius 1 is 1.29 bits per heavy atom. The maximum atomic E-state index is 10.5. The molecule has 0 saturated carbocycles. The van der Waals surface area contributed by atoms with Gasteiger partial charge in [-0.2, -0.15) is 0 Å². The van der Waals surface area contributed by atoms with E-state index in [1.807, 2.05) is 0 Å². The molecule has 0 aromatic carbocycles. The summed E-state index contributed by atoms with van der Waals surface area (Å²) in [7, 11) is -4.34. The van der Waals surface area contributed by atoms with Gasteiger partial charge in [0.2, 0.25) is 0 Å². The van der Waals surface area contributed by atoms with Crippen LogP contribution in [0.25, 0.3) is 0 Å². The molecule has 0 aromatic rings. The molecular formula is C8H15NaO7S. The van der Waals surface area contributed by atoms with Gasteiger partial charge in [0.1, 0.15) is 22.2 Å². The molecule has 0 N–H and O–H groups in total. The second-order valence-corrected chi connectivity index (χ2v) is 4.43. The quantitative estimate of drug-likeness (QED) is 0.196. The van der Waals surface area contributed by atoms with Crippen LogP contribution in [0.1, 0.15) is 13.8 Å². The van der Waals surface area contributed by atoms with Crippen LogP contribution in [0.4, 0.5) is 0 Å². The van der Waals surface area contributed by atoms with Gasteiger partial charge in [-0.15, -0.1) is 0 Å². The molecule has 0 heterocycles. The van der Waals surface area contributed by atoms with E-state index in [1.165, 1.54) is 6.92 Å². The second-order valence-electron chi connectivity index (χ2n) is 3.08. The van der Waals surface area contributed by atoms with E-state index in [4.69, 9.17) is 9.47 Å². The number of carbonyl (C=O) groups excluding carboxylic acids is 1. The van der Waals surface area contributed by atoms with Gasteiger partial charge >= 0.3 is 35.5 Å². The van der Waals surface area contributed by atoms with Crippen molar-refractivity contribution in [3.63, 3.8) is 0 Å². The topological polar surface area (TPSA) is 102 Å². The van der Waals surface area contributed by atoms with Crippen LogP contribution in [0.15, 0.2) is 0 Å². The van der Waals surface area contributed by atoms with Crippen LogP contribution in [0.2, 0.25) is 0 Å². The zero-order chi connectivity index (χ0) is 12.6. The average molecular weight is 278 g/mol. The van der Waals surface area contributed by atoms with Crippen LogP contribution in [0.3, 0.4) is 0 Å². The summed E-state index contributed by atoms with van der Waals surface area (Å²) in [4.78, 5) is 10.5. The molecule has 0 saturated heterocycles. The van der Waals surface area contributed by atoms with Crippen molar-refractivity contribution in [1.29, 1.82) is 0 Å². The summed E-state index contributed by atoms with van der Waals surface area (Å²) >= 11 is 0. The van der Waals surface area contributed by atoms with Gasteiger partial charge < -0.3 is 18.8 Å². The fourth-order valence-electron chi connectivity index (χ4n) is 0.845. The standard InChI is InChI=1S/C8H16O7S.Na/c1-7(15-8(2)9)5-13-3-4-14-6-16(10,11)12;/h7H,3-6H2,1-2H3,(H,10,11,12);/q;+1/p-1. The van der Waals surface area contributed by atoms with E-state index in [0.717, 1.165) is 0 Å². The SMILES string of the molecule is CC(=O)OC(C)COCCOCS(=O)(=O)[O-].[Na+]. The third-order valence-electron chi connectivity index (χ3n) is 1.32. The Morgan fingerprint density at radius 2 is 1.82 bits per heavy atom. The predicted molar refractivity (Wildman–Crippen MR) is 52.6 cm³/mol. The predicted octanol–water partition coefficient (Wildman–Crippen LogP) is -3.52. The van der Waals surface area contributed by atoms with Gasteiger partial charge in [0.25, 0.3) is 0 Å². The van der Waals surface area contributed by atoms with Crippen molar-refractivity contribution in [2.45, 2.75) is 20.0 Å². The van der Waals surface area contributed by atoms with E-state index in [1.54, 1.807) is 6.92 Å². The third-order valence-corrected chi connectivity index (χ3v) is 1.77. The summed E-state index contributed by atoms with van der Waals surface area (Å²) in [5, 5.41) is 0. The van der Waals surface area contributed by atoms with Crippen LogP contribution in [0.5, 0.6) is 0 Å². The fraction of sp³-hybridized carbons (Fsp3) is 0.875. The molecule has 17 heavy (non-hydrogen) atoms. The summed E-state index contributed by atoms with van der Waals surface area (Å²) in [5.41, 5.74) is 0. The van der Waals surface area contributed by atoms with Crippen LogP contribution >= 0.6 is 0 Å². The summed E-state index contributed by atoms with van der Waals surface area (Å²) in [5.74, 6) is -1.26. The Labute approximate surface area is 123 Å². The Balaban J connectivity index is 0. The van der Waals surface area contributed by atoms with E-state index in [2.05, 4.69) is 4.74 Å². The molecule has 0 amide bonds. The first-order valence-corrected chi connectivity index (χ1v) is 6.15. The van der Waals surface area contributed by atoms with E-state index >= 15 is 0 Å². The third kappa shape index (κ3) is 16.3. The van der Waals surface area contributed by atoms with Crippen LogP contribution in [-0.2, 0) is 29.1 Å². The average Bonchev–Trinajstić information content (AvgIpc) is 2.07. The first kappa shape index (κ1) is 19.6. The maximum Gasteiger partial charge on any atom is 1.00 e. The van der Waals surface area contributed by atoms with Crippen LogP contribution in [-0.4, -0.2) is 50.8 Å². The molecule has 9 heteroatoms. The number of rotatable bonds is 8. The molecule has 0 aliphatic rings. The maximum absolute atomic E-state index is 10.5. The largest absolute Gasteiger partial charge is 1.00 e. The van der Waals surface area contributed by atoms with Crippen molar-refractivity contribution in [2.75, 3.05) is 25.8 Å². The molecule has 0 fully saturated rings. The van der Waals surface area contributed by atoms with Crippen molar-refractivity contribution in [1.82, 2.24) is 0 Å². The summed E-state index contributed by atoms with van der Waals surface area (Å²) in [6.45, 7) is 3.26. The zero-order valence-electron chi connectivity index (χ0n) is 10.2. The van der Waals surface area contributed by atoms with E-state index in [0.29, 0.717) is 0 Å². The molecule has 0 aromatic heterocycles. The number of carbonyl (C=O) groups is 1. The van der Waals surface area contributed by atoms with Gasteiger partial charge in [-0.3, -0.25) is 4.79 Å². The number of esters is 1. The molecule has 1 atom stereocenters. The summed E-state index contributed by atoms with van der Waals surface area (Å²) in [6, 6.07) is 0. The molecule has 1 unspecified atom stereocenters. The van der Waals surface area contributed by atoms with E-state index in [9.17, 15) is 17.8 Å². The van der Waals surface area contributed by atoms with Crippen molar-refractivity contribution in [3.8, 4) is 0 Å². The van der Waals surface area contributed by atoms with Gasteiger partial charge in [-0.25, -0.2) is 8.42 Å². The van der Waals surface area contributed by atoms with Gasteiger partial charge in [0.15, 0.2) is 0 Å². The molecule has 96 valence electrons. The Hall–Kier alpha value is 0.300. The minimum Gasteiger partial charge on any atom is -0.746 e. The fourth-order valence-corrected chi connectivity index (χ4v) is 1.17. The minimum absolute atomic E-state index is 0.